The van der Waals surface area contributed by atoms with E-state index in [2.05, 4.69) is 25.8 Å². The van der Waals surface area contributed by atoms with Crippen LogP contribution >= 0.6 is 11.6 Å². The minimum atomic E-state index is -2.64. The molecule has 1 aromatic heterocycles. The van der Waals surface area contributed by atoms with Crippen LogP contribution in [0.4, 0.5) is 19.4 Å². The zero-order valence-electron chi connectivity index (χ0n) is 21.1. The molecule has 2 heterocycles. The van der Waals surface area contributed by atoms with Gasteiger partial charge in [-0.05, 0) is 37.2 Å². The topological polar surface area (TPSA) is 107 Å². The summed E-state index contributed by atoms with van der Waals surface area (Å²) < 4.78 is 26.9. The van der Waals surface area contributed by atoms with Gasteiger partial charge in [0.1, 0.15) is 5.82 Å². The largest absolute Gasteiger partial charge is 0.347 e. The minimum Gasteiger partial charge on any atom is -0.347 e. The second-order valence-corrected chi connectivity index (χ2v) is 11.2. The van der Waals surface area contributed by atoms with E-state index in [-0.39, 0.29) is 49.7 Å². The number of nitrogens with one attached hydrogen (secondary N) is 3. The van der Waals surface area contributed by atoms with Crippen LogP contribution in [0, 0.1) is 5.41 Å². The van der Waals surface area contributed by atoms with E-state index in [1.165, 1.54) is 6.20 Å². The number of pyridine rings is 1. The highest BCUT2D eigenvalue weighted by atomic mass is 35.5. The van der Waals surface area contributed by atoms with Gasteiger partial charge in [0, 0.05) is 69.8 Å². The summed E-state index contributed by atoms with van der Waals surface area (Å²) in [5.41, 5.74) is 0.335. The molecule has 2 saturated carbocycles. The molecule has 0 aromatic carbocycles. The Labute approximate surface area is 220 Å². The number of alkyl halides is 2. The van der Waals surface area contributed by atoms with Gasteiger partial charge in [0.05, 0.1) is 11.6 Å². The van der Waals surface area contributed by atoms with Crippen molar-refractivity contribution in [2.75, 3.05) is 38.0 Å². The summed E-state index contributed by atoms with van der Waals surface area (Å²) in [5, 5.41) is 8.82. The SMILES string of the molecule is CC1(CC(=O)NCC(=O)N2CCN(Cc3cc(Cl)cnc3NC(=O)NC3CC3)CC2)CCC(F)(F)CC1. The number of hydrogen-bond donors (Lipinski definition) is 3. The van der Waals surface area contributed by atoms with Crippen LogP contribution in [-0.4, -0.2) is 77.3 Å². The van der Waals surface area contributed by atoms with Crippen LogP contribution in [0.15, 0.2) is 12.3 Å². The zero-order valence-corrected chi connectivity index (χ0v) is 21.9. The van der Waals surface area contributed by atoms with Gasteiger partial charge in [0.2, 0.25) is 17.7 Å². The average molecular weight is 541 g/mol. The minimum absolute atomic E-state index is 0.104. The van der Waals surface area contributed by atoms with Crippen molar-refractivity contribution >= 4 is 35.3 Å². The summed E-state index contributed by atoms with van der Waals surface area (Å²) in [6, 6.07) is 1.73. The molecule has 3 fully saturated rings. The van der Waals surface area contributed by atoms with Gasteiger partial charge in [-0.15, -0.1) is 0 Å². The Morgan fingerprint density at radius 3 is 2.43 bits per heavy atom. The Morgan fingerprint density at radius 2 is 1.78 bits per heavy atom. The lowest BCUT2D eigenvalue weighted by molar-refractivity contribution is -0.135. The smallest absolute Gasteiger partial charge is 0.320 e. The van der Waals surface area contributed by atoms with Crippen LogP contribution in [0.25, 0.3) is 0 Å². The molecule has 0 radical (unpaired) electrons. The molecular formula is C25H35ClF2N6O3. The fourth-order valence-corrected chi connectivity index (χ4v) is 4.98. The number of amides is 4. The van der Waals surface area contributed by atoms with Gasteiger partial charge >= 0.3 is 6.03 Å². The number of halogens is 3. The fraction of sp³-hybridized carbons (Fsp3) is 0.680. The molecule has 204 valence electrons. The molecule has 4 rings (SSSR count). The maximum absolute atomic E-state index is 13.4. The van der Waals surface area contributed by atoms with Crippen molar-refractivity contribution in [3.8, 4) is 0 Å². The molecule has 0 spiro atoms. The van der Waals surface area contributed by atoms with E-state index in [1.54, 1.807) is 11.0 Å². The number of anilines is 1. The summed E-state index contributed by atoms with van der Waals surface area (Å²) in [6.45, 7) is 4.51. The van der Waals surface area contributed by atoms with Crippen molar-refractivity contribution in [1.82, 2.24) is 25.4 Å². The quantitative estimate of drug-likeness (QED) is 0.469. The van der Waals surface area contributed by atoms with Crippen LogP contribution < -0.4 is 16.0 Å². The second-order valence-electron chi connectivity index (χ2n) is 10.8. The van der Waals surface area contributed by atoms with Crippen molar-refractivity contribution in [2.24, 2.45) is 5.41 Å². The van der Waals surface area contributed by atoms with Gasteiger partial charge in [-0.1, -0.05) is 18.5 Å². The molecule has 37 heavy (non-hydrogen) atoms. The normalized spacial score (nSPS) is 21.2. The lowest BCUT2D eigenvalue weighted by Gasteiger charge is -2.37. The average Bonchev–Trinajstić information content (AvgIpc) is 3.66. The van der Waals surface area contributed by atoms with Gasteiger partial charge in [-0.3, -0.25) is 19.8 Å². The molecule has 9 nitrogen and oxygen atoms in total. The van der Waals surface area contributed by atoms with E-state index >= 15 is 0 Å². The lowest BCUT2D eigenvalue weighted by Crippen LogP contribution is -2.51. The highest BCUT2D eigenvalue weighted by Gasteiger charge is 2.41. The maximum atomic E-state index is 13.4. The first-order valence-corrected chi connectivity index (χ1v) is 13.2. The molecule has 3 aliphatic rings. The Morgan fingerprint density at radius 1 is 1.11 bits per heavy atom. The van der Waals surface area contributed by atoms with Crippen molar-refractivity contribution in [1.29, 1.82) is 0 Å². The molecule has 0 atom stereocenters. The summed E-state index contributed by atoms with van der Waals surface area (Å²) >= 11 is 6.14. The summed E-state index contributed by atoms with van der Waals surface area (Å²) in [7, 11) is 0. The molecular weight excluding hydrogens is 506 g/mol. The number of urea groups is 1. The number of hydrogen-bond acceptors (Lipinski definition) is 5. The molecule has 4 amide bonds. The van der Waals surface area contributed by atoms with Gasteiger partial charge in [0.15, 0.2) is 0 Å². The Balaban J connectivity index is 1.20. The molecule has 0 unspecified atom stereocenters. The second kappa shape index (κ2) is 11.5. The van der Waals surface area contributed by atoms with Gasteiger partial charge < -0.3 is 15.5 Å². The van der Waals surface area contributed by atoms with E-state index in [1.807, 2.05) is 6.92 Å². The number of rotatable bonds is 8. The van der Waals surface area contributed by atoms with E-state index in [0.717, 1.165) is 18.4 Å². The molecule has 1 aromatic rings. The molecule has 12 heteroatoms. The van der Waals surface area contributed by atoms with Crippen LogP contribution in [0.2, 0.25) is 5.02 Å². The molecule has 1 saturated heterocycles. The molecule has 1 aliphatic heterocycles. The highest BCUT2D eigenvalue weighted by molar-refractivity contribution is 6.30. The van der Waals surface area contributed by atoms with Crippen LogP contribution in [-0.2, 0) is 16.1 Å². The number of carbonyl (C=O) groups is 3. The van der Waals surface area contributed by atoms with E-state index in [4.69, 9.17) is 11.6 Å². The van der Waals surface area contributed by atoms with Crippen molar-refractivity contribution in [2.45, 2.75) is 70.4 Å². The monoisotopic (exact) mass is 540 g/mol. The molecule has 0 bridgehead atoms. The third-order valence-corrected chi connectivity index (χ3v) is 7.62. The Bertz CT molecular complexity index is 1000. The van der Waals surface area contributed by atoms with Gasteiger partial charge in [0.25, 0.3) is 0 Å². The summed E-state index contributed by atoms with van der Waals surface area (Å²) in [6.07, 6.45) is 3.82. The Hall–Kier alpha value is -2.53. The third kappa shape index (κ3) is 8.23. The standard InChI is InChI=1S/C25H35ClF2N6O3/c1-24(4-6-25(27,28)7-5-24)13-20(35)29-15-21(36)34-10-8-33(9-11-34)16-17-12-18(26)14-30-22(17)32-23(37)31-19-2-3-19/h12,14,19H,2-11,13,15-16H2,1H3,(H,29,35)(H2,30,31,32,37). The van der Waals surface area contributed by atoms with E-state index in [9.17, 15) is 23.2 Å². The van der Waals surface area contributed by atoms with Crippen molar-refractivity contribution in [3.63, 3.8) is 0 Å². The van der Waals surface area contributed by atoms with Gasteiger partial charge in [-0.25, -0.2) is 18.6 Å². The van der Waals surface area contributed by atoms with E-state index in [0.29, 0.717) is 56.4 Å². The first-order valence-electron chi connectivity index (χ1n) is 12.9. The fourth-order valence-electron chi connectivity index (χ4n) is 4.80. The van der Waals surface area contributed by atoms with Crippen molar-refractivity contribution < 1.29 is 23.2 Å². The lowest BCUT2D eigenvalue weighted by atomic mass is 9.72. The summed E-state index contributed by atoms with van der Waals surface area (Å²) in [5.74, 6) is -2.63. The maximum Gasteiger partial charge on any atom is 0.320 e. The number of carbonyl (C=O) groups excluding carboxylic acids is 3. The zero-order chi connectivity index (χ0) is 26.6. The number of nitrogens with zero attached hydrogens (tertiary/aromatic N) is 3. The predicted molar refractivity (Wildman–Crippen MR) is 135 cm³/mol. The third-order valence-electron chi connectivity index (χ3n) is 7.41. The first kappa shape index (κ1) is 27.5. The highest BCUT2D eigenvalue weighted by Crippen LogP contribution is 2.45. The Kier molecular flexibility index (Phi) is 8.52. The van der Waals surface area contributed by atoms with Crippen LogP contribution in [0.1, 0.15) is 57.4 Å². The van der Waals surface area contributed by atoms with Crippen LogP contribution in [0.5, 0.6) is 0 Å². The van der Waals surface area contributed by atoms with E-state index < -0.39 is 11.3 Å². The van der Waals surface area contributed by atoms with Gasteiger partial charge in [-0.2, -0.15) is 0 Å². The molecule has 3 N–H and O–H groups in total. The summed E-state index contributed by atoms with van der Waals surface area (Å²) in [4.78, 5) is 45.3. The first-order chi connectivity index (χ1) is 17.5. The number of piperazine rings is 1. The van der Waals surface area contributed by atoms with Crippen LogP contribution in [0.3, 0.4) is 0 Å². The van der Waals surface area contributed by atoms with Crippen molar-refractivity contribution in [3.05, 3.63) is 22.8 Å². The number of aromatic nitrogens is 1. The predicted octanol–water partition coefficient (Wildman–Crippen LogP) is 3.39. The molecule has 2 aliphatic carbocycles.